The van der Waals surface area contributed by atoms with Gasteiger partial charge in [0.15, 0.2) is 0 Å². The fraction of sp³-hybridized carbons (Fsp3) is 0.722. The van der Waals surface area contributed by atoms with E-state index in [9.17, 15) is 0 Å². The summed E-state index contributed by atoms with van der Waals surface area (Å²) in [5.41, 5.74) is 1.22. The van der Waals surface area contributed by atoms with Crippen LogP contribution in [0.4, 0.5) is 0 Å². The van der Waals surface area contributed by atoms with E-state index in [1.807, 2.05) is 12.4 Å². The summed E-state index contributed by atoms with van der Waals surface area (Å²) in [4.78, 5) is 6.99. The number of nitrogens with zero attached hydrogens (tertiary/aromatic N) is 6. The second-order valence-corrected chi connectivity index (χ2v) is 7.54. The second-order valence-electron chi connectivity index (χ2n) is 7.54. The van der Waals surface area contributed by atoms with E-state index in [-0.39, 0.29) is 0 Å². The monoisotopic (exact) mass is 328 g/mol. The topological polar surface area (TPSA) is 51.8 Å². The minimum Gasteiger partial charge on any atom is -0.337 e. The summed E-state index contributed by atoms with van der Waals surface area (Å²) >= 11 is 0. The van der Waals surface area contributed by atoms with E-state index in [0.717, 1.165) is 25.5 Å². The van der Waals surface area contributed by atoms with E-state index in [1.165, 1.54) is 50.8 Å². The maximum atomic E-state index is 4.46. The fourth-order valence-corrected chi connectivity index (χ4v) is 4.27. The zero-order chi connectivity index (χ0) is 16.4. The molecule has 1 aliphatic carbocycles. The molecule has 0 aromatic carbocycles. The van der Waals surface area contributed by atoms with Gasteiger partial charge in [0.25, 0.3) is 0 Å². The second kappa shape index (κ2) is 7.05. The average Bonchev–Trinajstić information content (AvgIpc) is 3.31. The zero-order valence-corrected chi connectivity index (χ0v) is 14.6. The Bertz CT molecular complexity index is 654. The Kier molecular flexibility index (Phi) is 4.65. The Hall–Kier alpha value is -1.69. The summed E-state index contributed by atoms with van der Waals surface area (Å²) in [6.45, 7) is 4.25. The summed E-state index contributed by atoms with van der Waals surface area (Å²) in [6.07, 6.45) is 13.9. The molecule has 2 aromatic heterocycles. The highest BCUT2D eigenvalue weighted by Crippen LogP contribution is 2.32. The Labute approximate surface area is 143 Å². The minimum absolute atomic E-state index is 0.657. The van der Waals surface area contributed by atoms with Crippen molar-refractivity contribution in [1.29, 1.82) is 0 Å². The molecule has 6 nitrogen and oxygen atoms in total. The van der Waals surface area contributed by atoms with Crippen molar-refractivity contribution in [3.63, 3.8) is 0 Å². The van der Waals surface area contributed by atoms with Crippen LogP contribution in [-0.2, 0) is 20.1 Å². The van der Waals surface area contributed by atoms with Crippen LogP contribution in [0, 0.1) is 5.92 Å². The number of piperidine rings is 1. The normalized spacial score (nSPS) is 23.1. The molecule has 2 fully saturated rings. The van der Waals surface area contributed by atoms with Crippen molar-refractivity contribution in [2.24, 2.45) is 13.0 Å². The van der Waals surface area contributed by atoms with Gasteiger partial charge in [-0.15, -0.1) is 5.10 Å². The van der Waals surface area contributed by atoms with Crippen LogP contribution in [0.25, 0.3) is 0 Å². The number of likely N-dealkylation sites (tertiary alicyclic amines) is 1. The molecule has 0 amide bonds. The maximum absolute atomic E-state index is 4.46. The van der Waals surface area contributed by atoms with Gasteiger partial charge in [-0.2, -0.15) is 0 Å². The van der Waals surface area contributed by atoms with Gasteiger partial charge < -0.3 is 4.57 Å². The minimum atomic E-state index is 0.657. The standard InChI is InChI=1S/C18H28N6/c1-22-10-8-19-18(22)14-23-9-4-5-15(11-23)12-24-13-17(20-21-24)16-6-2-3-7-16/h8,10,13,15-16H,2-7,9,11-12,14H2,1H3/t15-/m0/s1. The van der Waals surface area contributed by atoms with Crippen LogP contribution in [0.3, 0.4) is 0 Å². The highest BCUT2D eigenvalue weighted by Gasteiger charge is 2.23. The van der Waals surface area contributed by atoms with Gasteiger partial charge in [-0.05, 0) is 38.1 Å². The Balaban J connectivity index is 1.33. The molecule has 2 aliphatic rings. The van der Waals surface area contributed by atoms with Crippen LogP contribution in [0.5, 0.6) is 0 Å². The molecule has 1 aliphatic heterocycles. The van der Waals surface area contributed by atoms with Gasteiger partial charge in [-0.3, -0.25) is 9.58 Å². The highest BCUT2D eigenvalue weighted by atomic mass is 15.4. The summed E-state index contributed by atoms with van der Waals surface area (Å²) in [7, 11) is 2.07. The molecular formula is C18H28N6. The fourth-order valence-electron chi connectivity index (χ4n) is 4.27. The average molecular weight is 328 g/mol. The van der Waals surface area contributed by atoms with Crippen molar-refractivity contribution in [2.75, 3.05) is 13.1 Å². The lowest BCUT2D eigenvalue weighted by Crippen LogP contribution is -2.37. The van der Waals surface area contributed by atoms with Gasteiger partial charge in [0.2, 0.25) is 0 Å². The summed E-state index contributed by atoms with van der Waals surface area (Å²) in [5, 5.41) is 8.84. The summed E-state index contributed by atoms with van der Waals surface area (Å²) in [6, 6.07) is 0. The first-order valence-electron chi connectivity index (χ1n) is 9.36. The van der Waals surface area contributed by atoms with Crippen molar-refractivity contribution >= 4 is 0 Å². The molecule has 130 valence electrons. The molecule has 0 radical (unpaired) electrons. The third kappa shape index (κ3) is 3.53. The van der Waals surface area contributed by atoms with Crippen molar-refractivity contribution in [3.8, 4) is 0 Å². The number of aryl methyl sites for hydroxylation is 1. The molecule has 0 N–H and O–H groups in total. The van der Waals surface area contributed by atoms with Gasteiger partial charge in [-0.25, -0.2) is 4.98 Å². The van der Waals surface area contributed by atoms with Crippen molar-refractivity contribution in [3.05, 3.63) is 30.1 Å². The van der Waals surface area contributed by atoms with Gasteiger partial charge >= 0.3 is 0 Å². The smallest absolute Gasteiger partial charge is 0.122 e. The summed E-state index contributed by atoms with van der Waals surface area (Å²) < 4.78 is 4.21. The largest absolute Gasteiger partial charge is 0.337 e. The number of rotatable bonds is 5. The van der Waals surface area contributed by atoms with E-state index in [0.29, 0.717) is 11.8 Å². The highest BCUT2D eigenvalue weighted by molar-refractivity contribution is 5.03. The third-order valence-electron chi connectivity index (χ3n) is 5.66. The molecular weight excluding hydrogens is 300 g/mol. The zero-order valence-electron chi connectivity index (χ0n) is 14.6. The molecule has 1 atom stereocenters. The Morgan fingerprint density at radius 1 is 1.17 bits per heavy atom. The quantitative estimate of drug-likeness (QED) is 0.846. The third-order valence-corrected chi connectivity index (χ3v) is 5.66. The van der Waals surface area contributed by atoms with Crippen LogP contribution in [-0.4, -0.2) is 42.5 Å². The number of imidazole rings is 1. The molecule has 24 heavy (non-hydrogen) atoms. The predicted molar refractivity (Wildman–Crippen MR) is 92.4 cm³/mol. The van der Waals surface area contributed by atoms with Gasteiger partial charge in [-0.1, -0.05) is 18.1 Å². The molecule has 2 aromatic rings. The van der Waals surface area contributed by atoms with Crippen LogP contribution < -0.4 is 0 Å². The van der Waals surface area contributed by atoms with Gasteiger partial charge in [0.1, 0.15) is 5.82 Å². The molecule has 4 rings (SSSR count). The van der Waals surface area contributed by atoms with Crippen LogP contribution in [0.1, 0.15) is 56.0 Å². The van der Waals surface area contributed by atoms with E-state index >= 15 is 0 Å². The van der Waals surface area contributed by atoms with Crippen LogP contribution in [0.15, 0.2) is 18.6 Å². The van der Waals surface area contributed by atoms with Crippen molar-refractivity contribution in [2.45, 2.75) is 57.5 Å². The van der Waals surface area contributed by atoms with E-state index in [2.05, 4.69) is 42.7 Å². The van der Waals surface area contributed by atoms with Crippen molar-refractivity contribution in [1.82, 2.24) is 29.4 Å². The first-order chi connectivity index (χ1) is 11.8. The lowest BCUT2D eigenvalue weighted by Gasteiger charge is -2.32. The Morgan fingerprint density at radius 2 is 2.04 bits per heavy atom. The molecule has 0 spiro atoms. The molecule has 0 bridgehead atoms. The molecule has 6 heteroatoms. The van der Waals surface area contributed by atoms with Crippen LogP contribution in [0.2, 0.25) is 0 Å². The molecule has 1 saturated carbocycles. The van der Waals surface area contributed by atoms with E-state index < -0.39 is 0 Å². The number of hydrogen-bond donors (Lipinski definition) is 0. The summed E-state index contributed by atoms with van der Waals surface area (Å²) in [5.74, 6) is 2.47. The van der Waals surface area contributed by atoms with Crippen molar-refractivity contribution < 1.29 is 0 Å². The SMILES string of the molecule is Cn1ccnc1CN1CCC[C@H](Cn2cc(C3CCCC3)nn2)C1. The lowest BCUT2D eigenvalue weighted by molar-refractivity contribution is 0.148. The lowest BCUT2D eigenvalue weighted by atomic mass is 9.98. The van der Waals surface area contributed by atoms with Gasteiger partial charge in [0, 0.05) is 44.6 Å². The molecule has 1 saturated heterocycles. The van der Waals surface area contributed by atoms with E-state index in [4.69, 9.17) is 0 Å². The Morgan fingerprint density at radius 3 is 2.83 bits per heavy atom. The van der Waals surface area contributed by atoms with Crippen LogP contribution >= 0.6 is 0 Å². The predicted octanol–water partition coefficient (Wildman–Crippen LogP) is 2.58. The first-order valence-corrected chi connectivity index (χ1v) is 9.36. The first kappa shape index (κ1) is 15.8. The number of hydrogen-bond acceptors (Lipinski definition) is 4. The van der Waals surface area contributed by atoms with E-state index in [1.54, 1.807) is 0 Å². The maximum Gasteiger partial charge on any atom is 0.122 e. The molecule has 3 heterocycles. The molecule has 0 unspecified atom stereocenters. The van der Waals surface area contributed by atoms with Gasteiger partial charge in [0.05, 0.1) is 12.2 Å². The number of aromatic nitrogens is 5.